The molecule has 0 fully saturated rings. The summed E-state index contributed by atoms with van der Waals surface area (Å²) in [5.74, 6) is 0. The van der Waals surface area contributed by atoms with Crippen molar-refractivity contribution in [2.45, 2.75) is 39.5 Å². The summed E-state index contributed by atoms with van der Waals surface area (Å²) in [6.45, 7) is 6.83. The summed E-state index contributed by atoms with van der Waals surface area (Å²) < 4.78 is 7.78. The lowest BCUT2D eigenvalue weighted by atomic mass is 10.2. The van der Waals surface area contributed by atoms with E-state index >= 15 is 0 Å². The zero-order valence-corrected chi connectivity index (χ0v) is 27.8. The molecule has 0 aromatic heterocycles. The molecule has 39 heavy (non-hydrogen) atoms. The molecule has 0 unspecified atom stereocenters. The van der Waals surface area contributed by atoms with Crippen molar-refractivity contribution in [2.24, 2.45) is 0 Å². The monoisotopic (exact) mass is 786 g/mol. The van der Waals surface area contributed by atoms with Gasteiger partial charge in [0.2, 0.25) is 0 Å². The molecule has 0 bridgehead atoms. The van der Waals surface area contributed by atoms with Crippen LogP contribution in [-0.4, -0.2) is 11.7 Å². The van der Waals surface area contributed by atoms with Gasteiger partial charge in [0.1, 0.15) is 5.60 Å². The maximum absolute atomic E-state index is 12.7. The Morgan fingerprint density at radius 2 is 1.28 bits per heavy atom. The van der Waals surface area contributed by atoms with Crippen LogP contribution < -0.4 is 10.2 Å². The van der Waals surface area contributed by atoms with Crippen LogP contribution in [0.25, 0.3) is 0 Å². The number of para-hydroxylation sites is 2. The van der Waals surface area contributed by atoms with Crippen LogP contribution in [0, 0.1) is 7.14 Å². The van der Waals surface area contributed by atoms with Crippen molar-refractivity contribution in [1.82, 2.24) is 0 Å². The minimum absolute atomic E-state index is 0.364. The van der Waals surface area contributed by atoms with Gasteiger partial charge in [-0.1, -0.05) is 71.7 Å². The van der Waals surface area contributed by atoms with E-state index < -0.39 is 5.60 Å². The van der Waals surface area contributed by atoms with Crippen LogP contribution in [0.4, 0.5) is 16.2 Å². The second-order valence-electron chi connectivity index (χ2n) is 9.60. The Hall–Kier alpha value is -2.01. The Morgan fingerprint density at radius 3 is 1.82 bits per heavy atom. The number of rotatable bonds is 6. The number of nitrogens with one attached hydrogen (secondary N) is 1. The molecule has 0 aliphatic rings. The van der Waals surface area contributed by atoms with Crippen molar-refractivity contribution < 1.29 is 9.53 Å². The van der Waals surface area contributed by atoms with Gasteiger partial charge in [-0.2, -0.15) is 0 Å². The van der Waals surface area contributed by atoms with Crippen molar-refractivity contribution in [3.63, 3.8) is 0 Å². The van der Waals surface area contributed by atoms with Gasteiger partial charge >= 0.3 is 6.09 Å². The van der Waals surface area contributed by atoms with Crippen LogP contribution >= 0.6 is 68.4 Å². The number of hydrogen-bond acceptors (Lipinski definition) is 3. The van der Waals surface area contributed by atoms with E-state index in [-0.39, 0.29) is 6.09 Å². The predicted octanol–water partition coefficient (Wildman–Crippen LogP) is 10.4. The van der Waals surface area contributed by atoms with E-state index in [1.165, 1.54) is 9.13 Å². The molecule has 4 aromatic rings. The van der Waals surface area contributed by atoms with Gasteiger partial charge in [-0.25, -0.2) is 4.79 Å². The molecule has 0 saturated carbocycles. The molecule has 0 atom stereocenters. The first-order chi connectivity index (χ1) is 18.5. The van der Waals surface area contributed by atoms with E-state index in [9.17, 15) is 4.79 Å². The predicted molar refractivity (Wildman–Crippen MR) is 181 cm³/mol. The summed E-state index contributed by atoms with van der Waals surface area (Å²) in [5, 5.41) is 4.85. The smallest absolute Gasteiger partial charge is 0.415 e. The van der Waals surface area contributed by atoms with Gasteiger partial charge in [0.15, 0.2) is 0 Å². The summed E-state index contributed by atoms with van der Waals surface area (Å²) in [6.07, 6.45) is -0.364. The molecule has 8 heteroatoms. The fraction of sp³-hybridized carbons (Fsp3) is 0.194. The molecule has 0 radical (unpaired) electrons. The number of anilines is 2. The summed E-state index contributed by atoms with van der Waals surface area (Å²) >= 11 is 16.3. The van der Waals surface area contributed by atoms with Crippen molar-refractivity contribution in [1.29, 1.82) is 0 Å². The quantitative estimate of drug-likeness (QED) is 0.198. The molecule has 0 heterocycles. The minimum atomic E-state index is -0.546. The number of amides is 1. The normalized spacial score (nSPS) is 10.7. The van der Waals surface area contributed by atoms with Gasteiger partial charge in [0.05, 0.1) is 12.2 Å². The average Bonchev–Trinajstić information content (AvgIpc) is 2.89. The van der Waals surface area contributed by atoms with Crippen molar-refractivity contribution in [3.05, 3.63) is 125 Å². The molecule has 1 N–H and O–H groups in total. The fourth-order valence-corrected chi connectivity index (χ4v) is 4.92. The standard InChI is InChI=1S/C18H19ClINO2.C13H11ClIN/c1-18(2,3)23-17(22)21(16-7-5-4-6-15(16)20)12-13-8-10-14(19)11-9-13;14-11-7-5-10(6-8-11)9-16-13-4-2-1-3-12(13)15/h4-11H,12H2,1-3H3;1-8,16H,9H2. The molecule has 204 valence electrons. The molecule has 1 amide bonds. The molecular weight excluding hydrogens is 757 g/mol. The van der Waals surface area contributed by atoms with Crippen molar-refractivity contribution in [2.75, 3.05) is 10.2 Å². The molecular formula is C31H30Cl2I2N2O2. The van der Waals surface area contributed by atoms with E-state index in [2.05, 4.69) is 62.6 Å². The largest absolute Gasteiger partial charge is 0.443 e. The third-order valence-electron chi connectivity index (χ3n) is 5.28. The fourth-order valence-electron chi connectivity index (χ4n) is 3.41. The maximum Gasteiger partial charge on any atom is 0.415 e. The summed E-state index contributed by atoms with van der Waals surface area (Å²) in [4.78, 5) is 14.3. The molecule has 0 aliphatic carbocycles. The van der Waals surface area contributed by atoms with Gasteiger partial charge in [-0.05, 0) is 126 Å². The Labute approximate surface area is 268 Å². The Morgan fingerprint density at radius 1 is 0.769 bits per heavy atom. The topological polar surface area (TPSA) is 41.6 Å². The van der Waals surface area contributed by atoms with E-state index in [4.69, 9.17) is 27.9 Å². The van der Waals surface area contributed by atoms with Crippen LogP contribution in [0.15, 0.2) is 97.1 Å². The average molecular weight is 787 g/mol. The first kappa shape index (κ1) is 31.5. The van der Waals surface area contributed by atoms with E-state index in [1.807, 2.05) is 106 Å². The summed E-state index contributed by atoms with van der Waals surface area (Å²) in [6, 6.07) is 31.3. The molecule has 4 aromatic carbocycles. The van der Waals surface area contributed by atoms with Gasteiger partial charge < -0.3 is 10.1 Å². The number of nitrogens with zero attached hydrogens (tertiary/aromatic N) is 1. The van der Waals surface area contributed by atoms with Crippen LogP contribution in [0.2, 0.25) is 10.0 Å². The van der Waals surface area contributed by atoms with Gasteiger partial charge in [0.25, 0.3) is 0 Å². The Kier molecular flexibility index (Phi) is 12.2. The molecule has 0 aliphatic heterocycles. The van der Waals surface area contributed by atoms with Crippen LogP contribution in [0.1, 0.15) is 31.9 Å². The van der Waals surface area contributed by atoms with Crippen molar-refractivity contribution in [3.8, 4) is 0 Å². The number of halogens is 4. The second-order valence-corrected chi connectivity index (χ2v) is 12.8. The van der Waals surface area contributed by atoms with Crippen LogP contribution in [0.3, 0.4) is 0 Å². The first-order valence-electron chi connectivity index (χ1n) is 12.2. The molecule has 0 spiro atoms. The molecule has 4 nitrogen and oxygen atoms in total. The third kappa shape index (κ3) is 10.8. The first-order valence-corrected chi connectivity index (χ1v) is 15.2. The van der Waals surface area contributed by atoms with Gasteiger partial charge in [-0.3, -0.25) is 4.90 Å². The van der Waals surface area contributed by atoms with E-state index in [0.717, 1.165) is 32.1 Å². The SMILES string of the molecule is CC(C)(C)OC(=O)N(Cc1ccc(Cl)cc1)c1ccccc1I.Clc1ccc(CNc2ccccc2I)cc1. The number of ether oxygens (including phenoxy) is 1. The lowest BCUT2D eigenvalue weighted by Gasteiger charge is -2.28. The second kappa shape index (κ2) is 15.1. The molecule has 4 rings (SSSR count). The highest BCUT2D eigenvalue weighted by Gasteiger charge is 2.24. The number of carbonyl (C=O) groups is 1. The summed E-state index contributed by atoms with van der Waals surface area (Å²) in [7, 11) is 0. The third-order valence-corrected chi connectivity index (χ3v) is 7.64. The zero-order valence-electron chi connectivity index (χ0n) is 21.9. The molecule has 0 saturated heterocycles. The van der Waals surface area contributed by atoms with Crippen LogP contribution in [0.5, 0.6) is 0 Å². The number of benzene rings is 4. The zero-order chi connectivity index (χ0) is 28.4. The maximum atomic E-state index is 12.7. The highest BCUT2D eigenvalue weighted by molar-refractivity contribution is 14.1. The minimum Gasteiger partial charge on any atom is -0.443 e. The highest BCUT2D eigenvalue weighted by atomic mass is 127. The number of carbonyl (C=O) groups excluding carboxylic acids is 1. The van der Waals surface area contributed by atoms with E-state index in [1.54, 1.807) is 4.90 Å². The van der Waals surface area contributed by atoms with Gasteiger partial charge in [0, 0.05) is 29.4 Å². The summed E-state index contributed by atoms with van der Waals surface area (Å²) in [5.41, 5.74) is 3.66. The number of hydrogen-bond donors (Lipinski definition) is 1. The lowest BCUT2D eigenvalue weighted by molar-refractivity contribution is 0.0577. The van der Waals surface area contributed by atoms with Crippen LogP contribution in [-0.2, 0) is 17.8 Å². The Balaban J connectivity index is 0.000000230. The van der Waals surface area contributed by atoms with Crippen molar-refractivity contribution >= 4 is 85.9 Å². The highest BCUT2D eigenvalue weighted by Crippen LogP contribution is 2.26. The Bertz CT molecular complexity index is 1360. The van der Waals surface area contributed by atoms with Gasteiger partial charge in [-0.15, -0.1) is 0 Å². The lowest BCUT2D eigenvalue weighted by Crippen LogP contribution is -2.36. The van der Waals surface area contributed by atoms with E-state index in [0.29, 0.717) is 11.6 Å².